The molecule has 1 amide bonds. The van der Waals surface area contributed by atoms with Crippen LogP contribution in [0.4, 0.5) is 10.4 Å². The highest BCUT2D eigenvalue weighted by Gasteiger charge is 2.33. The minimum absolute atomic E-state index is 0.0382. The molecular formula is C25H35FN4O6S. The van der Waals surface area contributed by atoms with E-state index in [1.54, 1.807) is 13.1 Å². The molecular weight excluding hydrogens is 503 g/mol. The molecule has 2 saturated heterocycles. The highest BCUT2D eigenvalue weighted by molar-refractivity contribution is 7.91. The normalized spacial score (nSPS) is 19.9. The van der Waals surface area contributed by atoms with Crippen LogP contribution in [0, 0.1) is 5.82 Å². The molecule has 37 heavy (non-hydrogen) atoms. The smallest absolute Gasteiger partial charge is 0.324 e. The van der Waals surface area contributed by atoms with E-state index in [1.165, 1.54) is 17.0 Å². The molecule has 0 saturated carbocycles. The monoisotopic (exact) mass is 538 g/mol. The van der Waals surface area contributed by atoms with Crippen molar-refractivity contribution in [2.24, 2.45) is 0 Å². The number of piperidine rings is 1. The van der Waals surface area contributed by atoms with Crippen LogP contribution in [0.25, 0.3) is 0 Å². The number of amides is 1. The van der Waals surface area contributed by atoms with Crippen LogP contribution < -0.4 is 9.64 Å². The van der Waals surface area contributed by atoms with Crippen molar-refractivity contribution in [2.75, 3.05) is 49.8 Å². The van der Waals surface area contributed by atoms with Crippen molar-refractivity contribution < 1.29 is 31.6 Å². The Morgan fingerprint density at radius 1 is 1.24 bits per heavy atom. The molecule has 1 aromatic carbocycles. The van der Waals surface area contributed by atoms with Crippen molar-refractivity contribution in [2.45, 2.75) is 57.6 Å². The quantitative estimate of drug-likeness (QED) is 0.421. The van der Waals surface area contributed by atoms with E-state index in [-0.39, 0.29) is 54.1 Å². The van der Waals surface area contributed by atoms with Crippen molar-refractivity contribution in [3.05, 3.63) is 35.4 Å². The van der Waals surface area contributed by atoms with Crippen LogP contribution >= 0.6 is 0 Å². The van der Waals surface area contributed by atoms with Gasteiger partial charge in [-0.3, -0.25) is 4.79 Å². The van der Waals surface area contributed by atoms with Gasteiger partial charge in [0.1, 0.15) is 18.2 Å². The first-order chi connectivity index (χ1) is 17.6. The maximum Gasteiger partial charge on any atom is 0.324 e. The Labute approximate surface area is 217 Å². The average Bonchev–Trinajstić information content (AvgIpc) is 3.50. The zero-order valence-corrected chi connectivity index (χ0v) is 22.4. The molecule has 2 aliphatic rings. The number of likely N-dealkylation sites (N-methyl/N-ethyl adjacent to an activating group) is 1. The summed E-state index contributed by atoms with van der Waals surface area (Å²) in [6.07, 6.45) is 2.04. The number of rotatable bonds is 10. The second-order valence-electron chi connectivity index (χ2n) is 9.99. The summed E-state index contributed by atoms with van der Waals surface area (Å²) in [4.78, 5) is 20.5. The van der Waals surface area contributed by atoms with Gasteiger partial charge in [0, 0.05) is 38.2 Å². The molecule has 4 rings (SSSR count). The Morgan fingerprint density at radius 2 is 2.00 bits per heavy atom. The third-order valence-electron chi connectivity index (χ3n) is 6.88. The first kappa shape index (κ1) is 27.3. The van der Waals surface area contributed by atoms with E-state index >= 15 is 0 Å². The number of sulfone groups is 1. The summed E-state index contributed by atoms with van der Waals surface area (Å²) in [5.74, 6) is 0.482. The van der Waals surface area contributed by atoms with Gasteiger partial charge in [0.15, 0.2) is 15.7 Å². The van der Waals surface area contributed by atoms with E-state index in [2.05, 4.69) is 15.0 Å². The molecule has 1 atom stereocenters. The topological polar surface area (TPSA) is 115 Å². The molecule has 2 fully saturated rings. The summed E-state index contributed by atoms with van der Waals surface area (Å²) in [5.41, 5.74) is 0.245. The van der Waals surface area contributed by atoms with E-state index in [0.717, 1.165) is 25.9 Å². The molecule has 0 spiro atoms. The molecule has 1 unspecified atom stereocenters. The van der Waals surface area contributed by atoms with E-state index in [9.17, 15) is 17.6 Å². The van der Waals surface area contributed by atoms with Crippen LogP contribution in [0.1, 0.15) is 50.4 Å². The fourth-order valence-electron chi connectivity index (χ4n) is 4.51. The molecule has 12 heteroatoms. The van der Waals surface area contributed by atoms with Crippen molar-refractivity contribution in [3.8, 4) is 5.75 Å². The third-order valence-corrected chi connectivity index (χ3v) is 8.63. The maximum absolute atomic E-state index is 14.6. The Hall–Kier alpha value is -2.73. The van der Waals surface area contributed by atoms with Crippen molar-refractivity contribution >= 4 is 21.8 Å². The molecule has 204 valence electrons. The van der Waals surface area contributed by atoms with Gasteiger partial charge in [-0.2, -0.15) is 4.98 Å². The number of carbonyl (C=O) groups is 1. The van der Waals surface area contributed by atoms with Crippen LogP contribution in [0.5, 0.6) is 5.75 Å². The maximum atomic E-state index is 14.6. The lowest BCUT2D eigenvalue weighted by Crippen LogP contribution is -2.38. The summed E-state index contributed by atoms with van der Waals surface area (Å²) in [7, 11) is -1.53. The number of ether oxygens (including phenoxy) is 2. The van der Waals surface area contributed by atoms with Gasteiger partial charge >= 0.3 is 6.01 Å². The summed E-state index contributed by atoms with van der Waals surface area (Å²) in [5, 5.41) is 4.01. The van der Waals surface area contributed by atoms with E-state index in [1.807, 2.05) is 13.8 Å². The first-order valence-electron chi connectivity index (χ1n) is 12.7. The summed E-state index contributed by atoms with van der Waals surface area (Å²) in [6, 6.07) is 4.61. The highest BCUT2D eigenvalue weighted by Crippen LogP contribution is 2.23. The Morgan fingerprint density at radius 3 is 2.62 bits per heavy atom. The Bertz CT molecular complexity index is 1180. The van der Waals surface area contributed by atoms with Gasteiger partial charge in [0.25, 0.3) is 0 Å². The van der Waals surface area contributed by atoms with Crippen molar-refractivity contribution in [1.29, 1.82) is 0 Å². The number of hydrogen-bond donors (Lipinski definition) is 0. The lowest BCUT2D eigenvalue weighted by molar-refractivity contribution is -0.130. The number of anilines is 1. The number of carbonyl (C=O) groups excluding carboxylic acids is 1. The predicted molar refractivity (Wildman–Crippen MR) is 135 cm³/mol. The Kier molecular flexibility index (Phi) is 8.68. The van der Waals surface area contributed by atoms with E-state index < -0.39 is 15.7 Å². The zero-order chi connectivity index (χ0) is 26.6. The molecule has 1 aromatic heterocycles. The van der Waals surface area contributed by atoms with Gasteiger partial charge in [-0.05, 0) is 30.9 Å². The lowest BCUT2D eigenvalue weighted by Gasteiger charge is -2.30. The van der Waals surface area contributed by atoms with Gasteiger partial charge in [-0.15, -0.1) is 0 Å². The fourth-order valence-corrected chi connectivity index (χ4v) is 6.29. The molecule has 10 nitrogen and oxygen atoms in total. The first-order valence-corrected chi connectivity index (χ1v) is 14.5. The molecule has 2 aliphatic heterocycles. The van der Waals surface area contributed by atoms with Gasteiger partial charge < -0.3 is 23.8 Å². The van der Waals surface area contributed by atoms with Crippen LogP contribution in [-0.2, 0) is 25.8 Å². The second-order valence-corrected chi connectivity index (χ2v) is 12.2. The van der Waals surface area contributed by atoms with Crippen molar-refractivity contribution in [3.63, 3.8) is 0 Å². The minimum atomic E-state index is -3.10. The summed E-state index contributed by atoms with van der Waals surface area (Å²) in [6.45, 7) is 6.23. The summed E-state index contributed by atoms with van der Waals surface area (Å²) < 4.78 is 54.9. The van der Waals surface area contributed by atoms with Gasteiger partial charge in [-0.25, -0.2) is 12.8 Å². The highest BCUT2D eigenvalue weighted by atomic mass is 32.2. The number of aromatic nitrogens is 2. The fraction of sp³-hybridized carbons (Fsp3) is 0.640. The standard InChI is InChI=1S/C25H35FN4O6S/c1-17(2)24-27-25(36-28-24)30-9-6-20(7-10-30)34-11-12-35-21-5-4-18(22(26)15-21)14-23(31)29(3)19-8-13-37(32,33)16-19/h4-5,15,17,19-20H,6-14,16H2,1-3H3. The predicted octanol–water partition coefficient (Wildman–Crippen LogP) is 2.58. The summed E-state index contributed by atoms with van der Waals surface area (Å²) >= 11 is 0. The van der Waals surface area contributed by atoms with E-state index in [0.29, 0.717) is 30.6 Å². The molecule has 3 heterocycles. The van der Waals surface area contributed by atoms with Crippen LogP contribution in [-0.4, -0.2) is 86.4 Å². The SMILES string of the molecule is CC(C)c1noc(N2CCC(OCCOc3ccc(CC(=O)N(C)C4CCS(=O)(=O)C4)c(F)c3)CC2)n1. The lowest BCUT2D eigenvalue weighted by atomic mass is 10.1. The number of halogens is 1. The van der Waals surface area contributed by atoms with Gasteiger partial charge in [0.2, 0.25) is 5.91 Å². The largest absolute Gasteiger partial charge is 0.491 e. The minimum Gasteiger partial charge on any atom is -0.491 e. The van der Waals surface area contributed by atoms with E-state index in [4.69, 9.17) is 14.0 Å². The average molecular weight is 539 g/mol. The Balaban J connectivity index is 1.16. The number of nitrogens with zero attached hydrogens (tertiary/aromatic N) is 4. The number of hydrogen-bond acceptors (Lipinski definition) is 9. The second kappa shape index (κ2) is 11.8. The van der Waals surface area contributed by atoms with Crippen molar-refractivity contribution in [1.82, 2.24) is 15.0 Å². The number of benzene rings is 1. The molecule has 0 bridgehead atoms. The third kappa shape index (κ3) is 7.19. The molecule has 0 N–H and O–H groups in total. The van der Waals surface area contributed by atoms with Gasteiger partial charge in [-0.1, -0.05) is 25.1 Å². The van der Waals surface area contributed by atoms with Crippen LogP contribution in [0.2, 0.25) is 0 Å². The molecule has 0 aliphatic carbocycles. The van der Waals surface area contributed by atoms with Crippen LogP contribution in [0.3, 0.4) is 0 Å². The van der Waals surface area contributed by atoms with Crippen LogP contribution in [0.15, 0.2) is 22.7 Å². The molecule has 2 aromatic rings. The zero-order valence-electron chi connectivity index (χ0n) is 21.6. The van der Waals surface area contributed by atoms with Gasteiger partial charge in [0.05, 0.1) is 30.6 Å². The molecule has 0 radical (unpaired) electrons.